The van der Waals surface area contributed by atoms with E-state index in [0.717, 1.165) is 17.0 Å². The molecule has 26 heavy (non-hydrogen) atoms. The van der Waals surface area contributed by atoms with Crippen LogP contribution in [0, 0.1) is 5.82 Å². The summed E-state index contributed by atoms with van der Waals surface area (Å²) in [4.78, 5) is 7.46. The molecule has 1 aliphatic rings. The molecule has 1 heterocycles. The van der Waals surface area contributed by atoms with Crippen LogP contribution < -0.4 is 4.74 Å². The minimum atomic E-state index is -0.598. The van der Waals surface area contributed by atoms with Crippen molar-refractivity contribution in [1.82, 2.24) is 4.90 Å². The Balaban J connectivity index is 1.40. The molecule has 1 N–H and O–H groups in total. The molecule has 6 heteroatoms. The summed E-state index contributed by atoms with van der Waals surface area (Å²) in [7, 11) is 1.92. The highest BCUT2D eigenvalue weighted by Crippen LogP contribution is 2.18. The molecular formula is C20H23FN2O3. The van der Waals surface area contributed by atoms with E-state index >= 15 is 0 Å². The van der Waals surface area contributed by atoms with E-state index in [-0.39, 0.29) is 18.5 Å². The fourth-order valence-corrected chi connectivity index (χ4v) is 2.88. The van der Waals surface area contributed by atoms with Crippen molar-refractivity contribution in [2.24, 2.45) is 5.16 Å². The van der Waals surface area contributed by atoms with Gasteiger partial charge in [0.05, 0.1) is 5.71 Å². The maximum Gasteiger partial charge on any atom is 0.145 e. The van der Waals surface area contributed by atoms with Gasteiger partial charge in [0.2, 0.25) is 0 Å². The van der Waals surface area contributed by atoms with Gasteiger partial charge in [0, 0.05) is 19.5 Å². The number of benzene rings is 2. The lowest BCUT2D eigenvalue weighted by molar-refractivity contribution is 0.0333. The zero-order valence-corrected chi connectivity index (χ0v) is 14.7. The molecule has 138 valence electrons. The Kier molecular flexibility index (Phi) is 6.20. The summed E-state index contributed by atoms with van der Waals surface area (Å²) < 4.78 is 18.6. The third kappa shape index (κ3) is 5.28. The number of hydrogen-bond acceptors (Lipinski definition) is 5. The lowest BCUT2D eigenvalue weighted by Gasteiger charge is -2.22. The smallest absolute Gasteiger partial charge is 0.145 e. The second kappa shape index (κ2) is 8.78. The fourth-order valence-electron chi connectivity index (χ4n) is 2.88. The molecule has 0 amide bonds. The molecule has 3 rings (SSSR count). The third-order valence-electron chi connectivity index (χ3n) is 4.13. The van der Waals surface area contributed by atoms with Gasteiger partial charge in [-0.15, -0.1) is 0 Å². The molecule has 0 spiro atoms. The van der Waals surface area contributed by atoms with E-state index in [1.54, 1.807) is 12.1 Å². The van der Waals surface area contributed by atoms with Gasteiger partial charge in [-0.05, 0) is 36.9 Å². The monoisotopic (exact) mass is 358 g/mol. The Morgan fingerprint density at radius 2 is 1.96 bits per heavy atom. The highest BCUT2D eigenvalue weighted by atomic mass is 19.1. The van der Waals surface area contributed by atoms with Crippen LogP contribution >= 0.6 is 0 Å². The Labute approximate surface area is 152 Å². The highest BCUT2D eigenvalue weighted by Gasteiger charge is 2.24. The Bertz CT molecular complexity index is 722. The zero-order valence-electron chi connectivity index (χ0n) is 14.7. The topological polar surface area (TPSA) is 54.3 Å². The predicted octanol–water partition coefficient (Wildman–Crippen LogP) is 2.69. The molecule has 0 fully saturated rings. The number of rotatable bonds is 8. The largest absolute Gasteiger partial charge is 0.491 e. The first-order valence-electron chi connectivity index (χ1n) is 8.63. The first kappa shape index (κ1) is 18.4. The van der Waals surface area contributed by atoms with Crippen molar-refractivity contribution >= 4 is 5.71 Å². The van der Waals surface area contributed by atoms with Crippen LogP contribution in [0.3, 0.4) is 0 Å². The van der Waals surface area contributed by atoms with E-state index < -0.39 is 6.10 Å². The quantitative estimate of drug-likeness (QED) is 0.788. The van der Waals surface area contributed by atoms with Gasteiger partial charge in [0.25, 0.3) is 0 Å². The zero-order chi connectivity index (χ0) is 18.4. The number of oxime groups is 1. The molecule has 2 atom stereocenters. The van der Waals surface area contributed by atoms with Crippen molar-refractivity contribution < 1.29 is 19.1 Å². The number of halogens is 1. The SMILES string of the molecule is CN(C[C@H](O)COc1ccccc1)C[C@H]1CC(c2ccc(F)cc2)=NO1. The first-order chi connectivity index (χ1) is 12.6. The van der Waals surface area contributed by atoms with Crippen LogP contribution in [0.5, 0.6) is 5.75 Å². The molecule has 0 radical (unpaired) electrons. The highest BCUT2D eigenvalue weighted by molar-refractivity contribution is 6.01. The number of nitrogens with zero attached hydrogens (tertiary/aromatic N) is 2. The van der Waals surface area contributed by atoms with E-state index in [0.29, 0.717) is 19.5 Å². The lowest BCUT2D eigenvalue weighted by atomic mass is 10.0. The molecule has 2 aromatic rings. The second-order valence-corrected chi connectivity index (χ2v) is 6.48. The van der Waals surface area contributed by atoms with Crippen molar-refractivity contribution in [3.63, 3.8) is 0 Å². The fraction of sp³-hybridized carbons (Fsp3) is 0.350. The van der Waals surface area contributed by atoms with Crippen molar-refractivity contribution in [2.45, 2.75) is 18.6 Å². The van der Waals surface area contributed by atoms with Crippen molar-refractivity contribution in [2.75, 3.05) is 26.7 Å². The van der Waals surface area contributed by atoms with Gasteiger partial charge in [0.1, 0.15) is 30.4 Å². The number of likely N-dealkylation sites (N-methyl/N-ethyl adjacent to an activating group) is 1. The maximum absolute atomic E-state index is 13.0. The number of ether oxygens (including phenoxy) is 1. The summed E-state index contributed by atoms with van der Waals surface area (Å²) in [5, 5.41) is 14.2. The number of hydrogen-bond donors (Lipinski definition) is 1. The van der Waals surface area contributed by atoms with Crippen molar-refractivity contribution in [3.8, 4) is 5.75 Å². The van der Waals surface area contributed by atoms with Crippen molar-refractivity contribution in [3.05, 3.63) is 66.0 Å². The molecule has 0 saturated heterocycles. The summed E-state index contributed by atoms with van der Waals surface area (Å²) in [6, 6.07) is 15.7. The van der Waals surface area contributed by atoms with E-state index in [2.05, 4.69) is 5.16 Å². The van der Waals surface area contributed by atoms with E-state index in [9.17, 15) is 9.50 Å². The van der Waals surface area contributed by atoms with Crippen LogP contribution in [0.2, 0.25) is 0 Å². The van der Waals surface area contributed by atoms with Crippen LogP contribution in [-0.2, 0) is 4.84 Å². The molecule has 1 aliphatic heterocycles. The van der Waals surface area contributed by atoms with E-state index in [4.69, 9.17) is 9.57 Å². The molecule has 0 saturated carbocycles. The first-order valence-corrected chi connectivity index (χ1v) is 8.63. The van der Waals surface area contributed by atoms with Gasteiger partial charge in [0.15, 0.2) is 0 Å². The number of para-hydroxylation sites is 1. The van der Waals surface area contributed by atoms with Crippen molar-refractivity contribution in [1.29, 1.82) is 0 Å². The van der Waals surface area contributed by atoms with Crippen LogP contribution in [0.15, 0.2) is 59.8 Å². The van der Waals surface area contributed by atoms with E-state index in [1.165, 1.54) is 12.1 Å². The molecule has 0 unspecified atom stereocenters. The predicted molar refractivity (Wildman–Crippen MR) is 97.9 cm³/mol. The Hall–Kier alpha value is -2.44. The summed E-state index contributed by atoms with van der Waals surface area (Å²) in [5.74, 6) is 0.474. The number of aliphatic hydroxyl groups excluding tert-OH is 1. The molecule has 0 bridgehead atoms. The summed E-state index contributed by atoms with van der Waals surface area (Å²) in [5.41, 5.74) is 1.68. The van der Waals surface area contributed by atoms with Gasteiger partial charge >= 0.3 is 0 Å². The minimum absolute atomic E-state index is 0.0812. The molecule has 2 aromatic carbocycles. The molecule has 0 aliphatic carbocycles. The third-order valence-corrected chi connectivity index (χ3v) is 4.13. The number of aliphatic hydroxyl groups is 1. The van der Waals surface area contributed by atoms with Crippen LogP contribution in [0.4, 0.5) is 4.39 Å². The van der Waals surface area contributed by atoms with Crippen LogP contribution in [0.1, 0.15) is 12.0 Å². The second-order valence-electron chi connectivity index (χ2n) is 6.48. The molecule has 0 aromatic heterocycles. The summed E-state index contributed by atoms with van der Waals surface area (Å²) in [6.07, 6.45) is -0.0200. The lowest BCUT2D eigenvalue weighted by Crippen LogP contribution is -2.37. The maximum atomic E-state index is 13.0. The standard InChI is InChI=1S/C20H23FN2O3/c1-23(12-17(24)14-25-18-5-3-2-4-6-18)13-19-11-20(22-26-19)15-7-9-16(21)10-8-15/h2-10,17,19,24H,11-14H2,1H3/t17-,19+/m0/s1. The van der Waals surface area contributed by atoms with Crippen LogP contribution in [0.25, 0.3) is 0 Å². The minimum Gasteiger partial charge on any atom is -0.491 e. The van der Waals surface area contributed by atoms with Gasteiger partial charge < -0.3 is 14.7 Å². The van der Waals surface area contributed by atoms with Gasteiger partial charge in [-0.1, -0.05) is 35.5 Å². The van der Waals surface area contributed by atoms with Gasteiger partial charge in [-0.3, -0.25) is 4.90 Å². The summed E-state index contributed by atoms with van der Waals surface area (Å²) in [6.45, 7) is 1.34. The Morgan fingerprint density at radius 3 is 2.69 bits per heavy atom. The summed E-state index contributed by atoms with van der Waals surface area (Å²) >= 11 is 0. The normalized spacial score (nSPS) is 17.7. The van der Waals surface area contributed by atoms with Crippen LogP contribution in [-0.4, -0.2) is 54.7 Å². The Morgan fingerprint density at radius 1 is 1.23 bits per heavy atom. The molecule has 5 nitrogen and oxygen atoms in total. The average Bonchev–Trinajstić information content (AvgIpc) is 3.09. The molecular weight excluding hydrogens is 335 g/mol. The van der Waals surface area contributed by atoms with Gasteiger partial charge in [-0.25, -0.2) is 4.39 Å². The van der Waals surface area contributed by atoms with E-state index in [1.807, 2.05) is 42.3 Å². The average molecular weight is 358 g/mol. The van der Waals surface area contributed by atoms with Gasteiger partial charge in [-0.2, -0.15) is 0 Å².